The Morgan fingerprint density at radius 1 is 1.06 bits per heavy atom. The molecule has 0 unspecified atom stereocenters. The van der Waals surface area contributed by atoms with E-state index >= 15 is 0 Å². The molecule has 0 bridgehead atoms. The lowest BCUT2D eigenvalue weighted by Crippen LogP contribution is -2.21. The van der Waals surface area contributed by atoms with Gasteiger partial charge in [0, 0.05) is 11.1 Å². The molecular formula is C23H17N3O6S. The fourth-order valence-corrected chi connectivity index (χ4v) is 4.15. The molecule has 2 N–H and O–H groups in total. The van der Waals surface area contributed by atoms with Crippen molar-refractivity contribution in [2.75, 3.05) is 5.01 Å². The van der Waals surface area contributed by atoms with E-state index in [-0.39, 0.29) is 23.4 Å². The summed E-state index contributed by atoms with van der Waals surface area (Å²) >= 11 is 0. The molecule has 0 atom stereocenters. The number of cyclic esters (lactones) is 1. The van der Waals surface area contributed by atoms with Crippen molar-refractivity contribution in [1.82, 2.24) is 0 Å². The third kappa shape index (κ3) is 3.75. The van der Waals surface area contributed by atoms with E-state index < -0.39 is 10.0 Å². The van der Waals surface area contributed by atoms with Crippen molar-refractivity contribution in [1.29, 1.82) is 0 Å². The summed E-state index contributed by atoms with van der Waals surface area (Å²) < 4.78 is 33.8. The highest BCUT2D eigenvalue weighted by Crippen LogP contribution is 2.30. The molecule has 3 heterocycles. The highest BCUT2D eigenvalue weighted by Gasteiger charge is 2.29. The zero-order valence-corrected chi connectivity index (χ0v) is 18.1. The van der Waals surface area contributed by atoms with Gasteiger partial charge < -0.3 is 9.15 Å². The average Bonchev–Trinajstić information content (AvgIpc) is 3.48. The summed E-state index contributed by atoms with van der Waals surface area (Å²) in [5.74, 6) is 0.243. The molecule has 3 aromatic rings. The lowest BCUT2D eigenvalue weighted by atomic mass is 10.0. The van der Waals surface area contributed by atoms with E-state index in [2.05, 4.69) is 5.10 Å². The number of primary sulfonamides is 1. The van der Waals surface area contributed by atoms with E-state index in [1.165, 1.54) is 29.3 Å². The molecule has 1 amide bonds. The molecule has 1 aromatic heterocycles. The molecule has 2 aliphatic rings. The van der Waals surface area contributed by atoms with Crippen LogP contribution < -0.4 is 10.1 Å². The standard InChI is InChI=1S/C23H17N3O6S/c1-13-19(22(27)26(25-13)16-4-7-18(8-5-16)33(24,29)30)11-17-6-9-21(32-17)14-2-3-15-12-31-23(28)20(15)10-14/h2-11H,12H2,1H3,(H2,24,29,30)/b19-11+. The number of carbonyl (C=O) groups is 2. The molecule has 0 saturated heterocycles. The SMILES string of the molecule is CC1=NN(c2ccc(S(N)(=O)=O)cc2)C(=O)/C1=C/c1ccc(-c2ccc3c(c2)C(=O)OC3)o1. The third-order valence-corrected chi connectivity index (χ3v) is 6.29. The van der Waals surface area contributed by atoms with Gasteiger partial charge in [-0.3, -0.25) is 4.79 Å². The van der Waals surface area contributed by atoms with Crippen molar-refractivity contribution in [3.63, 3.8) is 0 Å². The predicted molar refractivity (Wildman–Crippen MR) is 120 cm³/mol. The van der Waals surface area contributed by atoms with Crippen molar-refractivity contribution in [3.8, 4) is 11.3 Å². The number of amides is 1. The Morgan fingerprint density at radius 3 is 2.55 bits per heavy atom. The van der Waals surface area contributed by atoms with Gasteiger partial charge in [-0.05, 0) is 55.5 Å². The maximum atomic E-state index is 13.0. The van der Waals surface area contributed by atoms with Crippen LogP contribution >= 0.6 is 0 Å². The first kappa shape index (κ1) is 20.9. The molecule has 33 heavy (non-hydrogen) atoms. The van der Waals surface area contributed by atoms with Crippen LogP contribution in [0.5, 0.6) is 0 Å². The molecule has 2 aromatic carbocycles. The van der Waals surface area contributed by atoms with Crippen molar-refractivity contribution in [2.45, 2.75) is 18.4 Å². The molecular weight excluding hydrogens is 446 g/mol. The molecule has 0 radical (unpaired) electrons. The van der Waals surface area contributed by atoms with Crippen LogP contribution in [0.4, 0.5) is 5.69 Å². The monoisotopic (exact) mass is 463 g/mol. The topological polar surface area (TPSA) is 132 Å². The third-order valence-electron chi connectivity index (χ3n) is 5.36. The number of ether oxygens (including phenoxy) is 1. The molecule has 166 valence electrons. The molecule has 0 spiro atoms. The van der Waals surface area contributed by atoms with Crippen LogP contribution in [0.1, 0.15) is 28.6 Å². The second kappa shape index (κ2) is 7.54. The summed E-state index contributed by atoms with van der Waals surface area (Å²) in [6, 6.07) is 14.4. The minimum Gasteiger partial charge on any atom is -0.457 e. The number of nitrogens with zero attached hydrogens (tertiary/aromatic N) is 2. The van der Waals surface area contributed by atoms with E-state index in [9.17, 15) is 18.0 Å². The van der Waals surface area contributed by atoms with Gasteiger partial charge in [-0.25, -0.2) is 18.4 Å². The van der Waals surface area contributed by atoms with Crippen molar-refractivity contribution < 1.29 is 27.2 Å². The van der Waals surface area contributed by atoms with Crippen molar-refractivity contribution in [3.05, 3.63) is 77.1 Å². The fourth-order valence-electron chi connectivity index (χ4n) is 3.63. The molecule has 2 aliphatic heterocycles. The van der Waals surface area contributed by atoms with Crippen LogP contribution in [0.25, 0.3) is 17.4 Å². The van der Waals surface area contributed by atoms with Crippen LogP contribution in [0.15, 0.2) is 74.6 Å². The molecule has 0 aliphatic carbocycles. The highest BCUT2D eigenvalue weighted by atomic mass is 32.2. The second-order valence-corrected chi connectivity index (χ2v) is 9.11. The van der Waals surface area contributed by atoms with Gasteiger partial charge in [-0.15, -0.1) is 0 Å². The second-order valence-electron chi connectivity index (χ2n) is 7.55. The molecule has 10 heteroatoms. The maximum absolute atomic E-state index is 13.0. The van der Waals surface area contributed by atoms with Crippen LogP contribution in [0.2, 0.25) is 0 Å². The van der Waals surface area contributed by atoms with Crippen LogP contribution in [-0.2, 0) is 26.2 Å². The van der Waals surface area contributed by atoms with Gasteiger partial charge >= 0.3 is 5.97 Å². The number of sulfonamides is 1. The van der Waals surface area contributed by atoms with Crippen LogP contribution in [-0.4, -0.2) is 26.0 Å². The number of furan rings is 1. The smallest absolute Gasteiger partial charge is 0.338 e. The number of anilines is 1. The maximum Gasteiger partial charge on any atom is 0.338 e. The van der Waals surface area contributed by atoms with Gasteiger partial charge in [0.2, 0.25) is 10.0 Å². The first-order valence-electron chi connectivity index (χ1n) is 9.85. The van der Waals surface area contributed by atoms with Crippen molar-refractivity contribution in [2.24, 2.45) is 10.2 Å². The van der Waals surface area contributed by atoms with Gasteiger partial charge in [0.1, 0.15) is 18.1 Å². The summed E-state index contributed by atoms with van der Waals surface area (Å²) in [6.45, 7) is 1.96. The van der Waals surface area contributed by atoms with E-state index in [1.807, 2.05) is 12.1 Å². The highest BCUT2D eigenvalue weighted by molar-refractivity contribution is 7.89. The van der Waals surface area contributed by atoms with E-state index in [0.29, 0.717) is 34.1 Å². The summed E-state index contributed by atoms with van der Waals surface area (Å²) in [4.78, 5) is 24.7. The number of hydrogen-bond acceptors (Lipinski definition) is 7. The lowest BCUT2D eigenvalue weighted by Gasteiger charge is -2.11. The first-order chi connectivity index (χ1) is 15.7. The van der Waals surface area contributed by atoms with Crippen molar-refractivity contribution >= 4 is 39.4 Å². The van der Waals surface area contributed by atoms with E-state index in [1.54, 1.807) is 31.2 Å². The van der Waals surface area contributed by atoms with Crippen LogP contribution in [0, 0.1) is 0 Å². The van der Waals surface area contributed by atoms with Crippen LogP contribution in [0.3, 0.4) is 0 Å². The zero-order chi connectivity index (χ0) is 23.3. The zero-order valence-electron chi connectivity index (χ0n) is 17.3. The number of fused-ring (bicyclic) bond motifs is 1. The lowest BCUT2D eigenvalue weighted by molar-refractivity contribution is -0.114. The number of carbonyl (C=O) groups excluding carboxylic acids is 2. The Kier molecular flexibility index (Phi) is 4.76. The Morgan fingerprint density at radius 2 is 1.82 bits per heavy atom. The van der Waals surface area contributed by atoms with Gasteiger partial charge in [0.15, 0.2) is 0 Å². The van der Waals surface area contributed by atoms with Gasteiger partial charge in [0.25, 0.3) is 5.91 Å². The molecule has 9 nitrogen and oxygen atoms in total. The molecule has 5 rings (SSSR count). The number of rotatable bonds is 4. The number of hydrazone groups is 1. The van der Waals surface area contributed by atoms with Gasteiger partial charge in [0.05, 0.1) is 27.4 Å². The Balaban J connectivity index is 1.40. The predicted octanol–water partition coefficient (Wildman–Crippen LogP) is 3.07. The number of esters is 1. The molecule has 0 fully saturated rings. The van der Waals surface area contributed by atoms with E-state index in [4.69, 9.17) is 14.3 Å². The van der Waals surface area contributed by atoms with Gasteiger partial charge in [-0.1, -0.05) is 12.1 Å². The normalized spacial score (nSPS) is 16.8. The summed E-state index contributed by atoms with van der Waals surface area (Å²) in [7, 11) is -3.83. The Labute approximate surface area is 188 Å². The molecule has 0 saturated carbocycles. The number of nitrogens with two attached hydrogens (primary N) is 1. The minimum atomic E-state index is -3.83. The van der Waals surface area contributed by atoms with Gasteiger partial charge in [-0.2, -0.15) is 10.1 Å². The number of benzene rings is 2. The average molecular weight is 463 g/mol. The summed E-state index contributed by atoms with van der Waals surface area (Å²) in [6.07, 6.45) is 1.59. The first-order valence-corrected chi connectivity index (χ1v) is 11.4. The summed E-state index contributed by atoms with van der Waals surface area (Å²) in [5.41, 5.74) is 3.29. The summed E-state index contributed by atoms with van der Waals surface area (Å²) in [5, 5.41) is 10.6. The largest absolute Gasteiger partial charge is 0.457 e. The Bertz CT molecular complexity index is 1480. The fraction of sp³-hybridized carbons (Fsp3) is 0.0870. The number of hydrogen-bond donors (Lipinski definition) is 1. The van der Waals surface area contributed by atoms with E-state index in [0.717, 1.165) is 11.1 Å². The minimum absolute atomic E-state index is 0.0581. The quantitative estimate of drug-likeness (QED) is 0.467. The Hall–Kier alpha value is -4.02.